The van der Waals surface area contributed by atoms with Crippen LogP contribution in [-0.2, 0) is 0 Å². The Morgan fingerprint density at radius 2 is 1.75 bits per heavy atom. The van der Waals surface area contributed by atoms with Gasteiger partial charge in [0.15, 0.2) is 0 Å². The summed E-state index contributed by atoms with van der Waals surface area (Å²) in [7, 11) is 0. The highest BCUT2D eigenvalue weighted by Gasteiger charge is 2.16. The highest BCUT2D eigenvalue weighted by Crippen LogP contribution is 2.25. The third-order valence-corrected chi connectivity index (χ3v) is 3.74. The van der Waals surface area contributed by atoms with E-state index in [0.717, 1.165) is 22.6 Å². The SMILES string of the molecule is Cc1cc(C(C)NC(C)c2ccc(C)c(F)c2)c(C)o1. The molecular formula is C17H22FNO. The minimum atomic E-state index is -0.154. The van der Waals surface area contributed by atoms with Gasteiger partial charge in [-0.25, -0.2) is 4.39 Å². The Bertz CT molecular complexity index is 603. The molecule has 1 aromatic carbocycles. The summed E-state index contributed by atoms with van der Waals surface area (Å²) < 4.78 is 19.2. The summed E-state index contributed by atoms with van der Waals surface area (Å²) in [4.78, 5) is 0. The van der Waals surface area contributed by atoms with Crippen LogP contribution in [0.2, 0.25) is 0 Å². The summed E-state index contributed by atoms with van der Waals surface area (Å²) in [6.07, 6.45) is 0. The van der Waals surface area contributed by atoms with E-state index in [1.54, 1.807) is 13.0 Å². The van der Waals surface area contributed by atoms with Crippen molar-refractivity contribution in [2.75, 3.05) is 0 Å². The van der Waals surface area contributed by atoms with Gasteiger partial charge in [0.25, 0.3) is 0 Å². The highest BCUT2D eigenvalue weighted by molar-refractivity contribution is 5.27. The molecule has 1 heterocycles. The fourth-order valence-electron chi connectivity index (χ4n) is 2.52. The quantitative estimate of drug-likeness (QED) is 0.870. The highest BCUT2D eigenvalue weighted by atomic mass is 19.1. The molecule has 20 heavy (non-hydrogen) atoms. The lowest BCUT2D eigenvalue weighted by Crippen LogP contribution is -2.22. The first-order valence-electron chi connectivity index (χ1n) is 6.97. The number of hydrogen-bond acceptors (Lipinski definition) is 2. The molecular weight excluding hydrogens is 253 g/mol. The van der Waals surface area contributed by atoms with Crippen molar-refractivity contribution >= 4 is 0 Å². The second-order valence-corrected chi connectivity index (χ2v) is 5.49. The van der Waals surface area contributed by atoms with E-state index in [9.17, 15) is 4.39 Å². The molecule has 2 rings (SSSR count). The van der Waals surface area contributed by atoms with Crippen LogP contribution >= 0.6 is 0 Å². The minimum absolute atomic E-state index is 0.0784. The van der Waals surface area contributed by atoms with Crippen molar-refractivity contribution in [2.24, 2.45) is 0 Å². The minimum Gasteiger partial charge on any atom is -0.466 e. The van der Waals surface area contributed by atoms with Crippen LogP contribution in [0.3, 0.4) is 0 Å². The second-order valence-electron chi connectivity index (χ2n) is 5.49. The van der Waals surface area contributed by atoms with Gasteiger partial charge in [-0.1, -0.05) is 12.1 Å². The Morgan fingerprint density at radius 3 is 2.30 bits per heavy atom. The average molecular weight is 275 g/mol. The van der Waals surface area contributed by atoms with Gasteiger partial charge in [-0.3, -0.25) is 0 Å². The lowest BCUT2D eigenvalue weighted by molar-refractivity contribution is 0.467. The molecule has 0 aliphatic heterocycles. The number of rotatable bonds is 4. The molecule has 3 heteroatoms. The van der Waals surface area contributed by atoms with Gasteiger partial charge in [0.2, 0.25) is 0 Å². The summed E-state index contributed by atoms with van der Waals surface area (Å²) in [5.41, 5.74) is 2.79. The molecule has 2 aromatic rings. The summed E-state index contributed by atoms with van der Waals surface area (Å²) in [5.74, 6) is 1.70. The smallest absolute Gasteiger partial charge is 0.126 e. The number of furan rings is 1. The average Bonchev–Trinajstić information content (AvgIpc) is 2.71. The van der Waals surface area contributed by atoms with Gasteiger partial charge in [-0.15, -0.1) is 0 Å². The van der Waals surface area contributed by atoms with Gasteiger partial charge < -0.3 is 9.73 Å². The van der Waals surface area contributed by atoms with Crippen LogP contribution in [0.1, 0.15) is 54.1 Å². The van der Waals surface area contributed by atoms with E-state index in [4.69, 9.17) is 4.42 Å². The van der Waals surface area contributed by atoms with Gasteiger partial charge in [0, 0.05) is 17.6 Å². The lowest BCUT2D eigenvalue weighted by atomic mass is 10.0. The standard InChI is InChI=1S/C17H22FNO/c1-10-6-7-15(9-17(10)18)12(3)19-13(4)16-8-11(2)20-14(16)5/h6-9,12-13,19H,1-5H3. The molecule has 0 fully saturated rings. The van der Waals surface area contributed by atoms with E-state index in [-0.39, 0.29) is 17.9 Å². The monoisotopic (exact) mass is 275 g/mol. The molecule has 0 radical (unpaired) electrons. The molecule has 0 aliphatic carbocycles. The summed E-state index contributed by atoms with van der Waals surface area (Å²) in [6.45, 7) is 9.83. The maximum Gasteiger partial charge on any atom is 0.126 e. The molecule has 0 saturated heterocycles. The van der Waals surface area contributed by atoms with Crippen molar-refractivity contribution in [3.8, 4) is 0 Å². The lowest BCUT2D eigenvalue weighted by Gasteiger charge is -2.20. The zero-order valence-electron chi connectivity index (χ0n) is 12.8. The molecule has 1 aromatic heterocycles. The summed E-state index contributed by atoms with van der Waals surface area (Å²) in [6, 6.07) is 7.68. The number of halogens is 1. The van der Waals surface area contributed by atoms with E-state index in [1.807, 2.05) is 32.9 Å². The van der Waals surface area contributed by atoms with Crippen molar-refractivity contribution in [1.29, 1.82) is 0 Å². The van der Waals surface area contributed by atoms with Gasteiger partial charge >= 0.3 is 0 Å². The third kappa shape index (κ3) is 3.10. The first-order chi connectivity index (χ1) is 9.38. The first kappa shape index (κ1) is 14.8. The Labute approximate surface area is 120 Å². The van der Waals surface area contributed by atoms with E-state index in [2.05, 4.69) is 18.3 Å². The molecule has 1 N–H and O–H groups in total. The zero-order chi connectivity index (χ0) is 14.9. The van der Waals surface area contributed by atoms with Crippen LogP contribution in [0, 0.1) is 26.6 Å². The first-order valence-corrected chi connectivity index (χ1v) is 6.97. The maximum absolute atomic E-state index is 13.6. The second kappa shape index (κ2) is 5.80. The van der Waals surface area contributed by atoms with E-state index < -0.39 is 0 Å². The van der Waals surface area contributed by atoms with E-state index in [1.165, 1.54) is 0 Å². The van der Waals surface area contributed by atoms with Crippen molar-refractivity contribution in [2.45, 2.75) is 46.7 Å². The van der Waals surface area contributed by atoms with Crippen molar-refractivity contribution in [3.05, 3.63) is 58.3 Å². The molecule has 2 unspecified atom stereocenters. The van der Waals surface area contributed by atoms with Crippen molar-refractivity contribution < 1.29 is 8.81 Å². The Hall–Kier alpha value is -1.61. The van der Waals surface area contributed by atoms with Crippen LogP contribution in [0.5, 0.6) is 0 Å². The van der Waals surface area contributed by atoms with Crippen LogP contribution < -0.4 is 5.32 Å². The predicted molar refractivity (Wildman–Crippen MR) is 79.3 cm³/mol. The normalized spacial score (nSPS) is 14.3. The number of hydrogen-bond donors (Lipinski definition) is 1. The molecule has 2 nitrogen and oxygen atoms in total. The fourth-order valence-corrected chi connectivity index (χ4v) is 2.52. The molecule has 2 atom stereocenters. The Morgan fingerprint density at radius 1 is 1.05 bits per heavy atom. The predicted octanol–water partition coefficient (Wildman–Crippen LogP) is 4.76. The number of aryl methyl sites for hydroxylation is 3. The van der Waals surface area contributed by atoms with Crippen LogP contribution in [-0.4, -0.2) is 0 Å². The molecule has 0 bridgehead atoms. The van der Waals surface area contributed by atoms with Crippen molar-refractivity contribution in [3.63, 3.8) is 0 Å². The largest absolute Gasteiger partial charge is 0.466 e. The Balaban J connectivity index is 2.12. The Kier molecular flexibility index (Phi) is 4.29. The van der Waals surface area contributed by atoms with Gasteiger partial charge in [0.1, 0.15) is 17.3 Å². The van der Waals surface area contributed by atoms with Gasteiger partial charge in [0.05, 0.1) is 0 Å². The van der Waals surface area contributed by atoms with Gasteiger partial charge in [-0.2, -0.15) is 0 Å². The van der Waals surface area contributed by atoms with E-state index >= 15 is 0 Å². The molecule has 0 aliphatic rings. The number of nitrogens with one attached hydrogen (secondary N) is 1. The van der Waals surface area contributed by atoms with Crippen molar-refractivity contribution in [1.82, 2.24) is 5.32 Å². The van der Waals surface area contributed by atoms with Crippen LogP contribution in [0.25, 0.3) is 0 Å². The fraction of sp³-hybridized carbons (Fsp3) is 0.412. The molecule has 108 valence electrons. The topological polar surface area (TPSA) is 25.2 Å². The van der Waals surface area contributed by atoms with Crippen LogP contribution in [0.15, 0.2) is 28.7 Å². The van der Waals surface area contributed by atoms with Crippen LogP contribution in [0.4, 0.5) is 4.39 Å². The zero-order valence-corrected chi connectivity index (χ0v) is 12.8. The summed E-state index contributed by atoms with van der Waals surface area (Å²) >= 11 is 0. The third-order valence-electron chi connectivity index (χ3n) is 3.74. The van der Waals surface area contributed by atoms with Gasteiger partial charge in [-0.05, 0) is 57.9 Å². The maximum atomic E-state index is 13.6. The molecule has 0 amide bonds. The number of benzene rings is 1. The summed E-state index contributed by atoms with van der Waals surface area (Å²) in [5, 5.41) is 3.49. The molecule has 0 saturated carbocycles. The van der Waals surface area contributed by atoms with E-state index in [0.29, 0.717) is 5.56 Å². The molecule has 0 spiro atoms.